The van der Waals surface area contributed by atoms with Crippen LogP contribution < -0.4 is 15.4 Å². The van der Waals surface area contributed by atoms with Crippen molar-refractivity contribution in [2.75, 3.05) is 7.11 Å². The van der Waals surface area contributed by atoms with Gasteiger partial charge in [0, 0.05) is 12.0 Å². The number of nitrogens with one attached hydrogen (secondary N) is 2. The monoisotopic (exact) mass is 276 g/mol. The quantitative estimate of drug-likeness (QED) is 0.875. The van der Waals surface area contributed by atoms with Crippen molar-refractivity contribution in [3.05, 3.63) is 29.3 Å². The first kappa shape index (κ1) is 14.4. The minimum atomic E-state index is -0.416. The highest BCUT2D eigenvalue weighted by atomic mass is 16.5. The van der Waals surface area contributed by atoms with Crippen molar-refractivity contribution in [1.29, 1.82) is 0 Å². The van der Waals surface area contributed by atoms with Crippen LogP contribution in [0.15, 0.2) is 18.2 Å². The molecule has 0 aromatic heterocycles. The number of methoxy groups -OCH3 is 1. The molecule has 2 N–H and O–H groups in total. The smallest absolute Gasteiger partial charge is 0.243 e. The van der Waals surface area contributed by atoms with E-state index in [0.717, 1.165) is 16.9 Å². The summed E-state index contributed by atoms with van der Waals surface area (Å²) >= 11 is 0. The van der Waals surface area contributed by atoms with E-state index >= 15 is 0 Å². The van der Waals surface area contributed by atoms with Crippen LogP contribution in [-0.4, -0.2) is 25.0 Å². The van der Waals surface area contributed by atoms with Crippen LogP contribution in [0.1, 0.15) is 36.9 Å². The molecule has 20 heavy (non-hydrogen) atoms. The molecule has 2 amide bonds. The maximum atomic E-state index is 12.1. The maximum Gasteiger partial charge on any atom is 0.243 e. The summed E-state index contributed by atoms with van der Waals surface area (Å²) < 4.78 is 5.32. The summed E-state index contributed by atoms with van der Waals surface area (Å²) in [4.78, 5) is 23.2. The van der Waals surface area contributed by atoms with Crippen LogP contribution in [0.3, 0.4) is 0 Å². The summed E-state index contributed by atoms with van der Waals surface area (Å²) in [6, 6.07) is 5.27. The summed E-state index contributed by atoms with van der Waals surface area (Å²) in [6.07, 6.45) is 0.975. The molecule has 1 saturated heterocycles. The Kier molecular flexibility index (Phi) is 4.27. The highest BCUT2D eigenvalue weighted by molar-refractivity contribution is 5.90. The predicted molar refractivity (Wildman–Crippen MR) is 75.5 cm³/mol. The second-order valence-electron chi connectivity index (χ2n) is 5.13. The molecule has 0 aliphatic carbocycles. The van der Waals surface area contributed by atoms with Crippen molar-refractivity contribution in [3.8, 4) is 5.75 Å². The number of benzene rings is 1. The first-order valence-corrected chi connectivity index (χ1v) is 6.75. The number of hydrogen-bond donors (Lipinski definition) is 2. The fourth-order valence-corrected chi connectivity index (χ4v) is 2.39. The molecule has 1 aromatic carbocycles. The van der Waals surface area contributed by atoms with Gasteiger partial charge in [0.15, 0.2) is 0 Å². The Labute approximate surface area is 118 Å². The molecule has 1 fully saturated rings. The lowest BCUT2D eigenvalue weighted by Crippen LogP contribution is -2.42. The topological polar surface area (TPSA) is 67.4 Å². The summed E-state index contributed by atoms with van der Waals surface area (Å²) in [5.41, 5.74) is 2.04. The number of ether oxygens (including phenoxy) is 1. The highest BCUT2D eigenvalue weighted by Gasteiger charge is 2.28. The number of carbonyl (C=O) groups excluding carboxylic acids is 2. The summed E-state index contributed by atoms with van der Waals surface area (Å²) in [6.45, 7) is 3.90. The second kappa shape index (κ2) is 5.94. The van der Waals surface area contributed by atoms with E-state index in [1.165, 1.54) is 0 Å². The number of aryl methyl sites for hydroxylation is 1. The van der Waals surface area contributed by atoms with Crippen LogP contribution in [0, 0.1) is 6.92 Å². The molecule has 108 valence electrons. The van der Waals surface area contributed by atoms with Gasteiger partial charge in [0.1, 0.15) is 11.8 Å². The fraction of sp³-hybridized carbons (Fsp3) is 0.467. The van der Waals surface area contributed by atoms with Crippen LogP contribution in [0.5, 0.6) is 5.75 Å². The average Bonchev–Trinajstić information content (AvgIpc) is 2.85. The summed E-state index contributed by atoms with van der Waals surface area (Å²) in [5, 5.41) is 5.60. The van der Waals surface area contributed by atoms with Crippen LogP contribution in [0.2, 0.25) is 0 Å². The third kappa shape index (κ3) is 3.10. The van der Waals surface area contributed by atoms with Crippen LogP contribution in [0.25, 0.3) is 0 Å². The number of rotatable bonds is 4. The van der Waals surface area contributed by atoms with Crippen molar-refractivity contribution < 1.29 is 14.3 Å². The molecule has 1 aliphatic rings. The predicted octanol–water partition coefficient (Wildman–Crippen LogP) is 1.46. The number of amides is 2. The van der Waals surface area contributed by atoms with Gasteiger partial charge in [0.25, 0.3) is 0 Å². The molecule has 0 bridgehead atoms. The van der Waals surface area contributed by atoms with Crippen molar-refractivity contribution in [2.45, 2.75) is 38.8 Å². The lowest BCUT2D eigenvalue weighted by Gasteiger charge is -2.20. The van der Waals surface area contributed by atoms with E-state index in [9.17, 15) is 9.59 Å². The number of hydrogen-bond acceptors (Lipinski definition) is 3. The molecular formula is C15H20N2O3. The molecule has 0 spiro atoms. The zero-order valence-corrected chi connectivity index (χ0v) is 12.0. The van der Waals surface area contributed by atoms with Crippen molar-refractivity contribution in [3.63, 3.8) is 0 Å². The van der Waals surface area contributed by atoms with E-state index in [-0.39, 0.29) is 17.9 Å². The normalized spacial score (nSPS) is 19.4. The summed E-state index contributed by atoms with van der Waals surface area (Å²) in [7, 11) is 1.61. The molecule has 1 heterocycles. The van der Waals surface area contributed by atoms with Gasteiger partial charge in [-0.05, 0) is 26.3 Å². The first-order valence-electron chi connectivity index (χ1n) is 6.75. The minimum Gasteiger partial charge on any atom is -0.496 e. The zero-order chi connectivity index (χ0) is 14.7. The van der Waals surface area contributed by atoms with Gasteiger partial charge >= 0.3 is 0 Å². The first-order chi connectivity index (χ1) is 9.51. The average molecular weight is 276 g/mol. The Morgan fingerprint density at radius 2 is 2.25 bits per heavy atom. The molecular weight excluding hydrogens is 256 g/mol. The van der Waals surface area contributed by atoms with Gasteiger partial charge in [-0.25, -0.2) is 0 Å². The lowest BCUT2D eigenvalue weighted by atomic mass is 10.0. The fourth-order valence-electron chi connectivity index (χ4n) is 2.39. The molecule has 2 rings (SSSR count). The second-order valence-corrected chi connectivity index (χ2v) is 5.13. The van der Waals surface area contributed by atoms with E-state index in [2.05, 4.69) is 10.6 Å². The molecule has 0 saturated carbocycles. The molecule has 5 heteroatoms. The van der Waals surface area contributed by atoms with E-state index in [0.29, 0.717) is 12.8 Å². The highest BCUT2D eigenvalue weighted by Crippen LogP contribution is 2.26. The standard InChI is InChI=1S/C15H20N2O3/c1-9-4-6-13(20-3)11(8-9)10(2)16-15(19)12-5-7-14(18)17-12/h4,6,8,10,12H,5,7H2,1-3H3,(H,16,19)(H,17,18)/t10-,12-/m1/s1. The van der Waals surface area contributed by atoms with Crippen molar-refractivity contribution in [2.24, 2.45) is 0 Å². The Hall–Kier alpha value is -2.04. The van der Waals surface area contributed by atoms with Gasteiger partial charge in [0.2, 0.25) is 11.8 Å². The molecule has 0 unspecified atom stereocenters. The molecule has 5 nitrogen and oxygen atoms in total. The zero-order valence-electron chi connectivity index (χ0n) is 12.0. The van der Waals surface area contributed by atoms with Crippen LogP contribution in [0.4, 0.5) is 0 Å². The molecule has 1 aromatic rings. The Bertz CT molecular complexity index is 528. The van der Waals surface area contributed by atoms with Gasteiger partial charge in [-0.1, -0.05) is 17.7 Å². The van der Waals surface area contributed by atoms with Gasteiger partial charge < -0.3 is 15.4 Å². The van der Waals surface area contributed by atoms with Crippen LogP contribution in [-0.2, 0) is 9.59 Å². The van der Waals surface area contributed by atoms with Gasteiger partial charge in [-0.2, -0.15) is 0 Å². The summed E-state index contributed by atoms with van der Waals surface area (Å²) in [5.74, 6) is 0.539. The maximum absolute atomic E-state index is 12.1. The van der Waals surface area contributed by atoms with Gasteiger partial charge in [-0.15, -0.1) is 0 Å². The largest absolute Gasteiger partial charge is 0.496 e. The lowest BCUT2D eigenvalue weighted by molar-refractivity contribution is -0.126. The van der Waals surface area contributed by atoms with E-state index < -0.39 is 6.04 Å². The van der Waals surface area contributed by atoms with Gasteiger partial charge in [-0.3, -0.25) is 9.59 Å². The molecule has 0 radical (unpaired) electrons. The Morgan fingerprint density at radius 1 is 1.50 bits per heavy atom. The van der Waals surface area contributed by atoms with E-state index in [4.69, 9.17) is 4.74 Å². The molecule has 2 atom stereocenters. The third-order valence-corrected chi connectivity index (χ3v) is 3.52. The van der Waals surface area contributed by atoms with Crippen molar-refractivity contribution in [1.82, 2.24) is 10.6 Å². The third-order valence-electron chi connectivity index (χ3n) is 3.52. The van der Waals surface area contributed by atoms with E-state index in [1.807, 2.05) is 32.0 Å². The van der Waals surface area contributed by atoms with Gasteiger partial charge in [0.05, 0.1) is 13.2 Å². The Balaban J connectivity index is 2.08. The SMILES string of the molecule is COc1ccc(C)cc1[C@@H](C)NC(=O)[C@H]1CCC(=O)N1. The Morgan fingerprint density at radius 3 is 2.85 bits per heavy atom. The van der Waals surface area contributed by atoms with E-state index in [1.54, 1.807) is 7.11 Å². The molecule has 1 aliphatic heterocycles. The number of carbonyl (C=O) groups is 2. The van der Waals surface area contributed by atoms with Crippen LogP contribution >= 0.6 is 0 Å². The minimum absolute atomic E-state index is 0.0639. The van der Waals surface area contributed by atoms with Crippen molar-refractivity contribution >= 4 is 11.8 Å².